The monoisotopic (exact) mass is 225 g/mol. The van der Waals surface area contributed by atoms with Crippen molar-refractivity contribution in [2.45, 2.75) is 46.8 Å². The summed E-state index contributed by atoms with van der Waals surface area (Å²) in [5.74, 6) is 0. The maximum Gasteiger partial charge on any atom is 0.0833 e. The Balaban J connectivity index is 2.95. The summed E-state index contributed by atoms with van der Waals surface area (Å²) in [4.78, 5) is 0. The molecule has 4 heteroatoms. The third-order valence-corrected chi connectivity index (χ3v) is 2.76. The molecule has 16 heavy (non-hydrogen) atoms. The molecule has 92 valence electrons. The fourth-order valence-corrected chi connectivity index (χ4v) is 2.09. The molecule has 1 unspecified atom stereocenters. The molecule has 1 heterocycles. The Morgan fingerprint density at radius 3 is 2.38 bits per heavy atom. The quantitative estimate of drug-likeness (QED) is 0.835. The Morgan fingerprint density at radius 2 is 1.94 bits per heavy atom. The van der Waals surface area contributed by atoms with Crippen LogP contribution in [0.3, 0.4) is 0 Å². The Hall–Kier alpha value is -0.870. The molecule has 2 N–H and O–H groups in total. The second-order valence-electron chi connectivity index (χ2n) is 4.42. The lowest BCUT2D eigenvalue weighted by Crippen LogP contribution is -2.12. The number of rotatable bonds is 5. The van der Waals surface area contributed by atoms with Gasteiger partial charge in [0.15, 0.2) is 0 Å². The van der Waals surface area contributed by atoms with E-state index >= 15 is 0 Å². The molecule has 0 radical (unpaired) electrons. The van der Waals surface area contributed by atoms with Crippen LogP contribution in [0.2, 0.25) is 0 Å². The molecule has 0 amide bonds. The van der Waals surface area contributed by atoms with E-state index in [9.17, 15) is 0 Å². The maximum atomic E-state index is 5.65. The highest BCUT2D eigenvalue weighted by Crippen LogP contribution is 2.25. The van der Waals surface area contributed by atoms with Gasteiger partial charge in [-0.2, -0.15) is 5.10 Å². The van der Waals surface area contributed by atoms with Gasteiger partial charge in [-0.25, -0.2) is 0 Å². The fourth-order valence-electron chi connectivity index (χ4n) is 2.09. The van der Waals surface area contributed by atoms with E-state index in [1.165, 1.54) is 11.3 Å². The normalized spacial score (nSPS) is 13.4. The lowest BCUT2D eigenvalue weighted by Gasteiger charge is -2.14. The molecule has 0 aromatic carbocycles. The summed E-state index contributed by atoms with van der Waals surface area (Å²) < 4.78 is 7.70. The third-order valence-electron chi connectivity index (χ3n) is 2.76. The van der Waals surface area contributed by atoms with E-state index in [2.05, 4.69) is 32.8 Å². The number of ether oxygens (including phenoxy) is 1. The predicted molar refractivity (Wildman–Crippen MR) is 65.5 cm³/mol. The van der Waals surface area contributed by atoms with Crippen molar-refractivity contribution in [2.24, 2.45) is 5.73 Å². The second-order valence-corrected chi connectivity index (χ2v) is 4.42. The molecular formula is C12H23N3O. The van der Waals surface area contributed by atoms with E-state index in [4.69, 9.17) is 10.5 Å². The lowest BCUT2D eigenvalue weighted by molar-refractivity contribution is 0.0708. The van der Waals surface area contributed by atoms with Crippen LogP contribution in [-0.4, -0.2) is 22.9 Å². The first-order valence-corrected chi connectivity index (χ1v) is 5.86. The smallest absolute Gasteiger partial charge is 0.0833 e. The summed E-state index contributed by atoms with van der Waals surface area (Å²) in [6, 6.07) is 0.383. The minimum Gasteiger partial charge on any atom is -0.372 e. The molecule has 0 aliphatic carbocycles. The first-order valence-electron chi connectivity index (χ1n) is 5.86. The van der Waals surface area contributed by atoms with Gasteiger partial charge in [-0.1, -0.05) is 0 Å². The molecule has 0 fully saturated rings. The van der Waals surface area contributed by atoms with Crippen LogP contribution in [0.1, 0.15) is 49.9 Å². The maximum absolute atomic E-state index is 5.65. The van der Waals surface area contributed by atoms with Crippen molar-refractivity contribution in [2.75, 3.05) is 13.2 Å². The van der Waals surface area contributed by atoms with E-state index in [0.29, 0.717) is 19.2 Å². The van der Waals surface area contributed by atoms with Crippen molar-refractivity contribution < 1.29 is 4.74 Å². The van der Waals surface area contributed by atoms with Crippen molar-refractivity contribution >= 4 is 0 Å². The van der Waals surface area contributed by atoms with E-state index in [-0.39, 0.29) is 6.10 Å². The first-order chi connectivity index (χ1) is 7.49. The highest BCUT2D eigenvalue weighted by atomic mass is 16.5. The van der Waals surface area contributed by atoms with Gasteiger partial charge in [0, 0.05) is 23.8 Å². The lowest BCUT2D eigenvalue weighted by atomic mass is 10.1. The van der Waals surface area contributed by atoms with Gasteiger partial charge in [0.2, 0.25) is 0 Å². The van der Waals surface area contributed by atoms with Gasteiger partial charge in [0.05, 0.1) is 18.4 Å². The van der Waals surface area contributed by atoms with Crippen LogP contribution in [0.15, 0.2) is 0 Å². The molecule has 1 rings (SSSR count). The van der Waals surface area contributed by atoms with Crippen LogP contribution in [0.5, 0.6) is 0 Å². The number of nitrogens with two attached hydrogens (primary N) is 1. The van der Waals surface area contributed by atoms with Crippen LogP contribution < -0.4 is 5.73 Å². The molecule has 1 aromatic rings. The van der Waals surface area contributed by atoms with E-state index in [0.717, 1.165) is 5.69 Å². The average molecular weight is 225 g/mol. The Labute approximate surface area is 97.8 Å². The van der Waals surface area contributed by atoms with Crippen LogP contribution >= 0.6 is 0 Å². The van der Waals surface area contributed by atoms with Crippen molar-refractivity contribution in [3.05, 3.63) is 17.0 Å². The largest absolute Gasteiger partial charge is 0.372 e. The highest BCUT2D eigenvalue weighted by Gasteiger charge is 2.18. The highest BCUT2D eigenvalue weighted by molar-refractivity contribution is 5.27. The Kier molecular flexibility index (Phi) is 4.50. The summed E-state index contributed by atoms with van der Waals surface area (Å²) in [6.07, 6.45) is 0.0658. The summed E-state index contributed by atoms with van der Waals surface area (Å²) in [5.41, 5.74) is 8.88. The van der Waals surface area contributed by atoms with Gasteiger partial charge in [0.1, 0.15) is 0 Å². The van der Waals surface area contributed by atoms with Gasteiger partial charge in [-0.05, 0) is 34.6 Å². The number of hydrogen-bond acceptors (Lipinski definition) is 3. The van der Waals surface area contributed by atoms with E-state index < -0.39 is 0 Å². The van der Waals surface area contributed by atoms with Gasteiger partial charge >= 0.3 is 0 Å². The molecule has 0 saturated heterocycles. The molecule has 1 atom stereocenters. The number of nitrogens with zero attached hydrogens (tertiary/aromatic N) is 2. The molecule has 1 aromatic heterocycles. The van der Waals surface area contributed by atoms with Crippen molar-refractivity contribution in [1.29, 1.82) is 0 Å². The van der Waals surface area contributed by atoms with Gasteiger partial charge < -0.3 is 10.5 Å². The van der Waals surface area contributed by atoms with Crippen LogP contribution in [-0.2, 0) is 4.74 Å². The molecule has 4 nitrogen and oxygen atoms in total. The first kappa shape index (κ1) is 13.2. The Bertz CT molecular complexity index is 344. The van der Waals surface area contributed by atoms with Gasteiger partial charge in [0.25, 0.3) is 0 Å². The van der Waals surface area contributed by atoms with Crippen LogP contribution in [0, 0.1) is 13.8 Å². The molecule has 0 spiro atoms. The minimum absolute atomic E-state index is 0.0658. The zero-order chi connectivity index (χ0) is 12.3. The summed E-state index contributed by atoms with van der Waals surface area (Å²) >= 11 is 0. The van der Waals surface area contributed by atoms with Crippen molar-refractivity contribution in [1.82, 2.24) is 9.78 Å². The minimum atomic E-state index is 0.0658. The molecule has 0 saturated carbocycles. The summed E-state index contributed by atoms with van der Waals surface area (Å²) in [7, 11) is 0. The van der Waals surface area contributed by atoms with Crippen molar-refractivity contribution in [3.8, 4) is 0 Å². The van der Waals surface area contributed by atoms with Crippen LogP contribution in [0.25, 0.3) is 0 Å². The average Bonchev–Trinajstić information content (AvgIpc) is 2.51. The summed E-state index contributed by atoms with van der Waals surface area (Å²) in [5, 5.41) is 4.54. The molecular weight excluding hydrogens is 202 g/mol. The predicted octanol–water partition coefficient (Wildman–Crippen LogP) is 2.12. The standard InChI is InChI=1S/C12H23N3O/c1-8(2)15-10(4)12(9(3)14-15)11(5)16-7-6-13/h8,11H,6-7,13H2,1-5H3. The molecule has 0 aliphatic rings. The zero-order valence-electron chi connectivity index (χ0n) is 10.9. The summed E-state index contributed by atoms with van der Waals surface area (Å²) in [6.45, 7) is 11.6. The van der Waals surface area contributed by atoms with Crippen LogP contribution in [0.4, 0.5) is 0 Å². The molecule has 0 aliphatic heterocycles. The zero-order valence-corrected chi connectivity index (χ0v) is 10.9. The van der Waals surface area contributed by atoms with Gasteiger partial charge in [-0.15, -0.1) is 0 Å². The SMILES string of the molecule is Cc1nn(C(C)C)c(C)c1C(C)OCCN. The topological polar surface area (TPSA) is 53.1 Å². The number of aromatic nitrogens is 2. The second kappa shape index (κ2) is 5.46. The number of aryl methyl sites for hydroxylation is 1. The number of hydrogen-bond donors (Lipinski definition) is 1. The van der Waals surface area contributed by atoms with E-state index in [1.807, 2.05) is 11.6 Å². The molecule has 0 bridgehead atoms. The third kappa shape index (κ3) is 2.62. The Morgan fingerprint density at radius 1 is 1.31 bits per heavy atom. The van der Waals surface area contributed by atoms with Crippen molar-refractivity contribution in [3.63, 3.8) is 0 Å². The fraction of sp³-hybridized carbons (Fsp3) is 0.750. The van der Waals surface area contributed by atoms with E-state index in [1.54, 1.807) is 0 Å². The van der Waals surface area contributed by atoms with Gasteiger partial charge in [-0.3, -0.25) is 4.68 Å².